The van der Waals surface area contributed by atoms with Gasteiger partial charge in [0.2, 0.25) is 0 Å². The molecule has 0 aromatic heterocycles. The fourth-order valence-electron chi connectivity index (χ4n) is 9.28. The normalized spacial score (nSPS) is 11.2. The van der Waals surface area contributed by atoms with Gasteiger partial charge < -0.3 is 4.90 Å². The molecule has 0 spiro atoms. The van der Waals surface area contributed by atoms with Crippen LogP contribution in [-0.4, -0.2) is 0 Å². The van der Waals surface area contributed by atoms with Gasteiger partial charge in [-0.25, -0.2) is 0 Å². The molecule has 0 aliphatic carbocycles. The Kier molecular flexibility index (Phi) is 9.97. The van der Waals surface area contributed by atoms with Crippen molar-refractivity contribution in [3.63, 3.8) is 0 Å². The van der Waals surface area contributed by atoms with Crippen molar-refractivity contribution < 1.29 is 0 Å². The molecule has 1 nitrogen and oxygen atoms in total. The Morgan fingerprint density at radius 1 is 0.206 bits per heavy atom. The zero-order chi connectivity index (χ0) is 42.0. The second kappa shape index (κ2) is 16.7. The molecule has 1 heteroatoms. The Bertz CT molecular complexity index is 3280. The highest BCUT2D eigenvalue weighted by molar-refractivity contribution is 6.22. The molecule has 0 radical (unpaired) electrons. The summed E-state index contributed by atoms with van der Waals surface area (Å²) in [7, 11) is 0. The van der Waals surface area contributed by atoms with Crippen LogP contribution in [0.1, 0.15) is 0 Å². The lowest BCUT2D eigenvalue weighted by Crippen LogP contribution is -2.11. The van der Waals surface area contributed by atoms with Gasteiger partial charge in [-0.05, 0) is 125 Å². The van der Waals surface area contributed by atoms with Crippen molar-refractivity contribution in [1.82, 2.24) is 0 Å². The van der Waals surface area contributed by atoms with E-state index in [9.17, 15) is 0 Å². The van der Waals surface area contributed by atoms with Gasteiger partial charge in [0.15, 0.2) is 0 Å². The van der Waals surface area contributed by atoms with Crippen LogP contribution in [0, 0.1) is 0 Å². The molecular formula is C62H43N. The van der Waals surface area contributed by atoms with Gasteiger partial charge in [-0.2, -0.15) is 0 Å². The molecule has 0 saturated carbocycles. The third-order valence-corrected chi connectivity index (χ3v) is 12.2. The number of hydrogen-bond donors (Lipinski definition) is 0. The third-order valence-electron chi connectivity index (χ3n) is 12.2. The molecule has 0 heterocycles. The maximum absolute atomic E-state index is 2.43. The van der Waals surface area contributed by atoms with E-state index < -0.39 is 0 Å². The van der Waals surface area contributed by atoms with Crippen LogP contribution in [-0.2, 0) is 0 Å². The van der Waals surface area contributed by atoms with E-state index in [0.29, 0.717) is 0 Å². The lowest BCUT2D eigenvalue weighted by Gasteiger charge is -2.29. The fraction of sp³-hybridized carbons (Fsp3) is 0. The summed E-state index contributed by atoms with van der Waals surface area (Å²) >= 11 is 0. The van der Waals surface area contributed by atoms with Crippen molar-refractivity contribution in [2.45, 2.75) is 0 Å². The lowest BCUT2D eigenvalue weighted by atomic mass is 9.84. The lowest BCUT2D eigenvalue weighted by molar-refractivity contribution is 1.28. The fourth-order valence-corrected chi connectivity index (χ4v) is 9.28. The average molecular weight is 802 g/mol. The van der Waals surface area contributed by atoms with E-state index in [1.807, 2.05) is 0 Å². The molecule has 0 N–H and O–H groups in total. The zero-order valence-electron chi connectivity index (χ0n) is 34.8. The Morgan fingerprint density at radius 3 is 1.19 bits per heavy atom. The van der Waals surface area contributed by atoms with E-state index >= 15 is 0 Å². The maximum atomic E-state index is 2.43. The third kappa shape index (κ3) is 7.26. The van der Waals surface area contributed by atoms with Gasteiger partial charge >= 0.3 is 0 Å². The second-order valence-electron chi connectivity index (χ2n) is 16.1. The molecule has 0 atom stereocenters. The first-order valence-corrected chi connectivity index (χ1v) is 21.7. The predicted octanol–water partition coefficient (Wildman–Crippen LogP) is 17.5. The summed E-state index contributed by atoms with van der Waals surface area (Å²) in [6, 6.07) is 94.7. The first kappa shape index (κ1) is 37.7. The minimum Gasteiger partial charge on any atom is -0.310 e. The van der Waals surface area contributed by atoms with Gasteiger partial charge in [0, 0.05) is 16.9 Å². The minimum absolute atomic E-state index is 1.08. The number of fused-ring (bicyclic) bond motifs is 3. The van der Waals surface area contributed by atoms with Crippen molar-refractivity contribution in [1.29, 1.82) is 0 Å². The average Bonchev–Trinajstić information content (AvgIpc) is 3.37. The van der Waals surface area contributed by atoms with Gasteiger partial charge in [0.25, 0.3) is 0 Å². The number of para-hydroxylation sites is 1. The van der Waals surface area contributed by atoms with Crippen LogP contribution in [0.15, 0.2) is 261 Å². The maximum Gasteiger partial charge on any atom is 0.0540 e. The van der Waals surface area contributed by atoms with E-state index in [0.717, 1.165) is 28.2 Å². The molecule has 0 aliphatic heterocycles. The van der Waals surface area contributed by atoms with Crippen LogP contribution in [0.3, 0.4) is 0 Å². The van der Waals surface area contributed by atoms with Crippen LogP contribution in [0.2, 0.25) is 0 Å². The van der Waals surface area contributed by atoms with Crippen molar-refractivity contribution in [2.24, 2.45) is 0 Å². The molecule has 0 aliphatic rings. The Labute approximate surface area is 369 Å². The SMILES string of the molecule is c1ccc(-c2cc(-c3ccccc3)cc(N(c3ccc(-c4ccc5c(c4)c(-c4ccccc4)c(-c4ccccc4)c4ccccc45)cc3)c3ccccc3-c3ccccc3)c2)cc1. The van der Waals surface area contributed by atoms with Gasteiger partial charge in [-0.1, -0.05) is 218 Å². The van der Waals surface area contributed by atoms with E-state index in [-0.39, 0.29) is 0 Å². The standard InChI is InChI=1S/C62H43N/c1-6-20-44(21-7-1)51-40-52(45-22-8-2-9-23-45)42-54(41-51)63(60-33-19-18-30-55(60)47-24-10-3-11-25-47)53-37-34-46(35-38-53)50-36-39-57-56-31-16-17-32-58(56)61(48-26-12-4-13-27-48)62(59(57)43-50)49-28-14-5-15-29-49/h1-43H. The molecule has 63 heavy (non-hydrogen) atoms. The summed E-state index contributed by atoms with van der Waals surface area (Å²) in [5.74, 6) is 0. The summed E-state index contributed by atoms with van der Waals surface area (Å²) in [6.45, 7) is 0. The molecule has 11 aromatic carbocycles. The van der Waals surface area contributed by atoms with Crippen LogP contribution in [0.5, 0.6) is 0 Å². The first-order valence-electron chi connectivity index (χ1n) is 21.7. The highest BCUT2D eigenvalue weighted by atomic mass is 15.1. The molecule has 0 amide bonds. The van der Waals surface area contributed by atoms with Crippen LogP contribution in [0.25, 0.3) is 88.3 Å². The Hall–Kier alpha value is -8.26. The summed E-state index contributed by atoms with van der Waals surface area (Å²) in [4.78, 5) is 2.43. The number of nitrogens with zero attached hydrogens (tertiary/aromatic N) is 1. The molecule has 11 aromatic rings. The number of anilines is 3. The summed E-state index contributed by atoms with van der Waals surface area (Å²) < 4.78 is 0. The van der Waals surface area contributed by atoms with Gasteiger partial charge in [0.1, 0.15) is 0 Å². The van der Waals surface area contributed by atoms with E-state index in [1.54, 1.807) is 0 Å². The summed E-state index contributed by atoms with van der Waals surface area (Å²) in [6.07, 6.45) is 0. The Balaban J connectivity index is 1.10. The zero-order valence-corrected chi connectivity index (χ0v) is 34.8. The number of benzene rings is 11. The molecule has 0 unspecified atom stereocenters. The largest absolute Gasteiger partial charge is 0.310 e. The molecular weight excluding hydrogens is 759 g/mol. The summed E-state index contributed by atoms with van der Waals surface area (Å²) in [5, 5.41) is 5.01. The number of hydrogen-bond acceptors (Lipinski definition) is 1. The minimum atomic E-state index is 1.08. The molecule has 0 bridgehead atoms. The highest BCUT2D eigenvalue weighted by Gasteiger charge is 2.21. The topological polar surface area (TPSA) is 3.24 Å². The van der Waals surface area contributed by atoms with Crippen molar-refractivity contribution >= 4 is 38.6 Å². The van der Waals surface area contributed by atoms with Crippen LogP contribution in [0.4, 0.5) is 17.1 Å². The van der Waals surface area contributed by atoms with Gasteiger partial charge in [0.05, 0.1) is 5.69 Å². The second-order valence-corrected chi connectivity index (χ2v) is 16.1. The van der Waals surface area contributed by atoms with E-state index in [4.69, 9.17) is 0 Å². The quantitative estimate of drug-likeness (QED) is 0.131. The van der Waals surface area contributed by atoms with E-state index in [1.165, 1.54) is 77.2 Å². The van der Waals surface area contributed by atoms with Crippen LogP contribution >= 0.6 is 0 Å². The van der Waals surface area contributed by atoms with Crippen molar-refractivity contribution in [2.75, 3.05) is 4.90 Å². The van der Waals surface area contributed by atoms with Gasteiger partial charge in [-0.3, -0.25) is 0 Å². The smallest absolute Gasteiger partial charge is 0.0540 e. The Morgan fingerprint density at radius 2 is 0.619 bits per heavy atom. The molecule has 0 fully saturated rings. The molecule has 0 saturated heterocycles. The predicted molar refractivity (Wildman–Crippen MR) is 269 cm³/mol. The molecule has 296 valence electrons. The van der Waals surface area contributed by atoms with Crippen molar-refractivity contribution in [3.8, 4) is 66.8 Å². The first-order chi connectivity index (χ1) is 31.3. The monoisotopic (exact) mass is 801 g/mol. The highest BCUT2D eigenvalue weighted by Crippen LogP contribution is 2.47. The van der Waals surface area contributed by atoms with E-state index in [2.05, 4.69) is 266 Å². The summed E-state index contributed by atoms with van der Waals surface area (Å²) in [5.41, 5.74) is 17.6. The van der Waals surface area contributed by atoms with Gasteiger partial charge in [-0.15, -0.1) is 0 Å². The van der Waals surface area contributed by atoms with Crippen LogP contribution < -0.4 is 4.90 Å². The number of rotatable bonds is 9. The van der Waals surface area contributed by atoms with Crippen molar-refractivity contribution in [3.05, 3.63) is 261 Å². The molecule has 11 rings (SSSR count).